The van der Waals surface area contributed by atoms with Crippen LogP contribution in [0, 0.1) is 12.8 Å². The first kappa shape index (κ1) is 22.3. The van der Waals surface area contributed by atoms with Crippen molar-refractivity contribution in [2.45, 2.75) is 26.3 Å². The van der Waals surface area contributed by atoms with Crippen molar-refractivity contribution in [2.75, 3.05) is 52.5 Å². The molecular formula is C23H31ClN4O3. The highest BCUT2D eigenvalue weighted by Crippen LogP contribution is 2.25. The maximum atomic E-state index is 12.7. The summed E-state index contributed by atoms with van der Waals surface area (Å²) < 4.78 is 11.3. The molecule has 0 bridgehead atoms. The van der Waals surface area contributed by atoms with E-state index < -0.39 is 0 Å². The molecule has 1 N–H and O–H groups in total. The first-order chi connectivity index (χ1) is 15.1. The van der Waals surface area contributed by atoms with Gasteiger partial charge in [-0.3, -0.25) is 14.6 Å². The van der Waals surface area contributed by atoms with Crippen molar-refractivity contribution in [3.63, 3.8) is 0 Å². The normalized spacial score (nSPS) is 20.6. The van der Waals surface area contributed by atoms with Crippen LogP contribution in [0.3, 0.4) is 0 Å². The van der Waals surface area contributed by atoms with Gasteiger partial charge in [-0.05, 0) is 50.6 Å². The molecule has 8 heteroatoms. The van der Waals surface area contributed by atoms with E-state index in [2.05, 4.69) is 15.1 Å². The Morgan fingerprint density at radius 3 is 2.74 bits per heavy atom. The lowest BCUT2D eigenvalue weighted by Crippen LogP contribution is -2.45. The monoisotopic (exact) mass is 446 g/mol. The maximum absolute atomic E-state index is 12.7. The minimum absolute atomic E-state index is 0.0291. The van der Waals surface area contributed by atoms with Gasteiger partial charge in [0, 0.05) is 49.9 Å². The van der Waals surface area contributed by atoms with Crippen molar-refractivity contribution in [1.29, 1.82) is 0 Å². The number of rotatable bonds is 7. The number of likely N-dealkylation sites (tertiary alicyclic amines) is 1. The molecule has 4 rings (SSSR count). The highest BCUT2D eigenvalue weighted by molar-refractivity contribution is 6.30. The number of hydrogen-bond donors (Lipinski definition) is 1. The molecule has 0 spiro atoms. The Hall–Kier alpha value is -1.93. The van der Waals surface area contributed by atoms with E-state index in [0.29, 0.717) is 24.0 Å². The van der Waals surface area contributed by atoms with Gasteiger partial charge in [-0.2, -0.15) is 0 Å². The summed E-state index contributed by atoms with van der Waals surface area (Å²) in [6.07, 6.45) is 1.95. The van der Waals surface area contributed by atoms with Gasteiger partial charge in [-0.25, -0.2) is 4.98 Å². The summed E-state index contributed by atoms with van der Waals surface area (Å²) in [7, 11) is 0. The van der Waals surface area contributed by atoms with Crippen LogP contribution in [0.1, 0.15) is 24.3 Å². The zero-order valence-electron chi connectivity index (χ0n) is 18.1. The summed E-state index contributed by atoms with van der Waals surface area (Å²) in [5.74, 6) is 1.62. The van der Waals surface area contributed by atoms with E-state index in [9.17, 15) is 4.79 Å². The predicted octanol–water partition coefficient (Wildman–Crippen LogP) is 2.96. The second kappa shape index (κ2) is 10.6. The molecule has 0 radical (unpaired) electrons. The Bertz CT molecular complexity index is 864. The third kappa shape index (κ3) is 6.07. The second-order valence-electron chi connectivity index (χ2n) is 8.35. The number of carbonyl (C=O) groups excluding carboxylic acids is 1. The SMILES string of the molecule is Cc1oc(-c2ccc(Cl)cc2)nc1CN1CCCC(C(=O)NCCN2CCOCC2)C1. The van der Waals surface area contributed by atoms with E-state index in [4.69, 9.17) is 25.7 Å². The summed E-state index contributed by atoms with van der Waals surface area (Å²) >= 11 is 5.98. The van der Waals surface area contributed by atoms with Gasteiger partial charge in [0.1, 0.15) is 5.76 Å². The molecule has 0 aliphatic carbocycles. The van der Waals surface area contributed by atoms with E-state index in [1.807, 2.05) is 31.2 Å². The standard InChI is InChI=1S/C23H31ClN4O3/c1-17-21(26-23(31-17)18-4-6-20(24)7-5-18)16-28-9-2-3-19(15-28)22(29)25-8-10-27-11-13-30-14-12-27/h4-7,19H,2-3,8-16H2,1H3,(H,25,29). The molecule has 7 nitrogen and oxygen atoms in total. The van der Waals surface area contributed by atoms with Crippen LogP contribution in [0.5, 0.6) is 0 Å². The molecule has 0 saturated carbocycles. The molecule has 2 aliphatic heterocycles. The number of hydrogen-bond acceptors (Lipinski definition) is 6. The summed E-state index contributed by atoms with van der Waals surface area (Å²) in [5.41, 5.74) is 1.84. The minimum Gasteiger partial charge on any atom is -0.441 e. The molecule has 3 heterocycles. The van der Waals surface area contributed by atoms with Crippen molar-refractivity contribution >= 4 is 17.5 Å². The fourth-order valence-electron chi connectivity index (χ4n) is 4.22. The molecule has 1 amide bonds. The topological polar surface area (TPSA) is 70.8 Å². The van der Waals surface area contributed by atoms with Crippen LogP contribution in [0.2, 0.25) is 5.02 Å². The van der Waals surface area contributed by atoms with E-state index >= 15 is 0 Å². The van der Waals surface area contributed by atoms with E-state index in [0.717, 1.165) is 75.8 Å². The number of oxazole rings is 1. The van der Waals surface area contributed by atoms with Gasteiger partial charge in [-0.15, -0.1) is 0 Å². The molecule has 1 unspecified atom stereocenters. The number of ether oxygens (including phenoxy) is 1. The Balaban J connectivity index is 1.28. The Morgan fingerprint density at radius 1 is 1.19 bits per heavy atom. The maximum Gasteiger partial charge on any atom is 0.226 e. The largest absolute Gasteiger partial charge is 0.441 e. The van der Waals surface area contributed by atoms with Crippen LogP contribution < -0.4 is 5.32 Å². The predicted molar refractivity (Wildman–Crippen MR) is 120 cm³/mol. The van der Waals surface area contributed by atoms with Crippen LogP contribution in [-0.4, -0.2) is 73.2 Å². The molecule has 168 valence electrons. The van der Waals surface area contributed by atoms with Gasteiger partial charge in [0.15, 0.2) is 0 Å². The first-order valence-corrected chi connectivity index (χ1v) is 11.5. The number of piperidine rings is 1. The number of nitrogens with zero attached hydrogens (tertiary/aromatic N) is 3. The number of benzene rings is 1. The zero-order chi connectivity index (χ0) is 21.6. The third-order valence-corrected chi connectivity index (χ3v) is 6.32. The van der Waals surface area contributed by atoms with E-state index in [1.165, 1.54) is 0 Å². The number of aromatic nitrogens is 1. The minimum atomic E-state index is 0.0291. The van der Waals surface area contributed by atoms with Crippen molar-refractivity contribution < 1.29 is 13.9 Å². The number of nitrogens with one attached hydrogen (secondary N) is 1. The quantitative estimate of drug-likeness (QED) is 0.705. The lowest BCUT2D eigenvalue weighted by molar-refractivity contribution is -0.126. The third-order valence-electron chi connectivity index (χ3n) is 6.06. The van der Waals surface area contributed by atoms with Gasteiger partial charge in [0.2, 0.25) is 11.8 Å². The molecule has 2 saturated heterocycles. The number of aryl methyl sites for hydroxylation is 1. The number of carbonyl (C=O) groups is 1. The van der Waals surface area contributed by atoms with Crippen LogP contribution >= 0.6 is 11.6 Å². The van der Waals surface area contributed by atoms with Gasteiger partial charge >= 0.3 is 0 Å². The second-order valence-corrected chi connectivity index (χ2v) is 8.78. The van der Waals surface area contributed by atoms with Crippen molar-refractivity contribution in [3.8, 4) is 11.5 Å². The summed E-state index contributed by atoms with van der Waals surface area (Å²) in [6, 6.07) is 7.50. The lowest BCUT2D eigenvalue weighted by Gasteiger charge is -2.32. The number of halogens is 1. The van der Waals surface area contributed by atoms with E-state index in [-0.39, 0.29) is 11.8 Å². The van der Waals surface area contributed by atoms with Gasteiger partial charge in [0.05, 0.1) is 24.8 Å². The van der Waals surface area contributed by atoms with Crippen LogP contribution in [0.25, 0.3) is 11.5 Å². The zero-order valence-corrected chi connectivity index (χ0v) is 18.9. The summed E-state index contributed by atoms with van der Waals surface area (Å²) in [4.78, 5) is 22.1. The fourth-order valence-corrected chi connectivity index (χ4v) is 4.35. The van der Waals surface area contributed by atoms with Crippen molar-refractivity contribution in [2.24, 2.45) is 5.92 Å². The Kier molecular flexibility index (Phi) is 7.61. The number of morpholine rings is 1. The smallest absolute Gasteiger partial charge is 0.226 e. The first-order valence-electron chi connectivity index (χ1n) is 11.1. The van der Waals surface area contributed by atoms with Crippen LogP contribution in [0.15, 0.2) is 28.7 Å². The van der Waals surface area contributed by atoms with Crippen LogP contribution in [-0.2, 0) is 16.1 Å². The molecule has 1 aromatic heterocycles. The Labute approximate surface area is 188 Å². The summed E-state index contributed by atoms with van der Waals surface area (Å²) in [6.45, 7) is 9.41. The highest BCUT2D eigenvalue weighted by Gasteiger charge is 2.27. The molecular weight excluding hydrogens is 416 g/mol. The molecule has 2 aromatic rings. The Morgan fingerprint density at radius 2 is 1.97 bits per heavy atom. The lowest BCUT2D eigenvalue weighted by atomic mass is 9.97. The molecule has 2 aliphatic rings. The number of amides is 1. The van der Waals surface area contributed by atoms with Crippen LogP contribution in [0.4, 0.5) is 0 Å². The van der Waals surface area contributed by atoms with Gasteiger partial charge < -0.3 is 14.5 Å². The molecule has 31 heavy (non-hydrogen) atoms. The van der Waals surface area contributed by atoms with E-state index in [1.54, 1.807) is 0 Å². The average Bonchev–Trinajstić information content (AvgIpc) is 3.15. The van der Waals surface area contributed by atoms with Crippen molar-refractivity contribution in [1.82, 2.24) is 20.1 Å². The fraction of sp³-hybridized carbons (Fsp3) is 0.565. The molecule has 1 atom stereocenters. The highest BCUT2D eigenvalue weighted by atomic mass is 35.5. The van der Waals surface area contributed by atoms with Gasteiger partial charge in [0.25, 0.3) is 0 Å². The average molecular weight is 447 g/mol. The molecule has 2 fully saturated rings. The molecule has 1 aromatic carbocycles. The van der Waals surface area contributed by atoms with Gasteiger partial charge in [-0.1, -0.05) is 11.6 Å². The summed E-state index contributed by atoms with van der Waals surface area (Å²) in [5, 5.41) is 3.82. The van der Waals surface area contributed by atoms with Crippen molar-refractivity contribution in [3.05, 3.63) is 40.7 Å².